The van der Waals surface area contributed by atoms with Gasteiger partial charge in [0.15, 0.2) is 5.82 Å². The van der Waals surface area contributed by atoms with E-state index < -0.39 is 0 Å². The van der Waals surface area contributed by atoms with Gasteiger partial charge in [-0.15, -0.1) is 11.3 Å². The minimum atomic E-state index is -0.209. The Morgan fingerprint density at radius 1 is 1.10 bits per heavy atom. The lowest BCUT2D eigenvalue weighted by Gasteiger charge is -2.07. The van der Waals surface area contributed by atoms with Crippen molar-refractivity contribution in [3.63, 3.8) is 0 Å². The van der Waals surface area contributed by atoms with Gasteiger partial charge in [0.2, 0.25) is 0 Å². The SMILES string of the molecule is COc1ccc(-c2n[nH]c(CNC(=O)c3cccc(OCc4cccs4)c3)n2)cc1. The number of hydrogen-bond acceptors (Lipinski definition) is 6. The van der Waals surface area contributed by atoms with E-state index in [0.29, 0.717) is 29.6 Å². The summed E-state index contributed by atoms with van der Waals surface area (Å²) in [6.07, 6.45) is 0. The number of H-pyrrole nitrogens is 1. The van der Waals surface area contributed by atoms with E-state index in [0.717, 1.165) is 16.2 Å². The van der Waals surface area contributed by atoms with Crippen LogP contribution in [0.5, 0.6) is 11.5 Å². The Balaban J connectivity index is 1.34. The van der Waals surface area contributed by atoms with E-state index in [1.165, 1.54) is 0 Å². The Morgan fingerprint density at radius 3 is 2.73 bits per heavy atom. The molecule has 0 aliphatic carbocycles. The van der Waals surface area contributed by atoms with Gasteiger partial charge < -0.3 is 14.8 Å². The molecule has 0 saturated heterocycles. The largest absolute Gasteiger partial charge is 0.497 e. The number of aromatic nitrogens is 3. The molecule has 0 bridgehead atoms. The highest BCUT2D eigenvalue weighted by atomic mass is 32.1. The number of benzene rings is 2. The molecule has 0 aliphatic heterocycles. The van der Waals surface area contributed by atoms with Crippen LogP contribution in [0.25, 0.3) is 11.4 Å². The number of aromatic amines is 1. The van der Waals surface area contributed by atoms with Crippen molar-refractivity contribution in [3.8, 4) is 22.9 Å². The first-order chi connectivity index (χ1) is 14.7. The van der Waals surface area contributed by atoms with Crippen LogP contribution in [0.3, 0.4) is 0 Å². The van der Waals surface area contributed by atoms with E-state index in [4.69, 9.17) is 9.47 Å². The molecule has 1 amide bonds. The average molecular weight is 420 g/mol. The first kappa shape index (κ1) is 19.7. The summed E-state index contributed by atoms with van der Waals surface area (Å²) in [6.45, 7) is 0.719. The van der Waals surface area contributed by atoms with Gasteiger partial charge in [0.25, 0.3) is 5.91 Å². The molecule has 0 unspecified atom stereocenters. The van der Waals surface area contributed by atoms with Crippen LogP contribution in [0, 0.1) is 0 Å². The molecule has 0 radical (unpaired) electrons. The van der Waals surface area contributed by atoms with Crippen LogP contribution >= 0.6 is 11.3 Å². The van der Waals surface area contributed by atoms with Gasteiger partial charge in [-0.3, -0.25) is 9.89 Å². The number of methoxy groups -OCH3 is 1. The van der Waals surface area contributed by atoms with Gasteiger partial charge in [-0.2, -0.15) is 5.10 Å². The van der Waals surface area contributed by atoms with Crippen LogP contribution in [0.2, 0.25) is 0 Å². The molecule has 0 atom stereocenters. The van der Waals surface area contributed by atoms with Crippen molar-refractivity contribution in [1.82, 2.24) is 20.5 Å². The number of nitrogens with zero attached hydrogens (tertiary/aromatic N) is 2. The zero-order valence-corrected chi connectivity index (χ0v) is 17.1. The standard InChI is InChI=1S/C22H20N4O3S/c1-28-17-9-7-15(8-10-17)21-24-20(25-26-21)13-23-22(27)16-4-2-5-18(12-16)29-14-19-6-3-11-30-19/h2-12H,13-14H2,1H3,(H,23,27)(H,24,25,26). The molecular weight excluding hydrogens is 400 g/mol. The smallest absolute Gasteiger partial charge is 0.251 e. The molecule has 0 spiro atoms. The summed E-state index contributed by atoms with van der Waals surface area (Å²) in [6, 6.07) is 18.6. The third-order valence-electron chi connectivity index (χ3n) is 4.35. The molecule has 2 heterocycles. The van der Waals surface area contributed by atoms with Gasteiger partial charge in [0.1, 0.15) is 23.9 Å². The maximum Gasteiger partial charge on any atom is 0.251 e. The zero-order valence-electron chi connectivity index (χ0n) is 16.3. The van der Waals surface area contributed by atoms with Crippen molar-refractivity contribution >= 4 is 17.2 Å². The van der Waals surface area contributed by atoms with Crippen molar-refractivity contribution in [1.29, 1.82) is 0 Å². The monoisotopic (exact) mass is 420 g/mol. The lowest BCUT2D eigenvalue weighted by Crippen LogP contribution is -2.23. The fraction of sp³-hybridized carbons (Fsp3) is 0.136. The van der Waals surface area contributed by atoms with Gasteiger partial charge in [0.05, 0.1) is 13.7 Å². The first-order valence-electron chi connectivity index (χ1n) is 9.30. The molecule has 4 aromatic rings. The van der Waals surface area contributed by atoms with Gasteiger partial charge in [-0.25, -0.2) is 4.98 Å². The maximum atomic E-state index is 12.5. The number of ether oxygens (including phenoxy) is 2. The molecule has 152 valence electrons. The molecule has 0 saturated carbocycles. The second-order valence-corrected chi connectivity index (χ2v) is 7.45. The van der Waals surface area contributed by atoms with Crippen LogP contribution in [0.4, 0.5) is 0 Å². The van der Waals surface area contributed by atoms with Gasteiger partial charge in [-0.05, 0) is 53.9 Å². The Morgan fingerprint density at radius 2 is 1.97 bits per heavy atom. The number of carbonyl (C=O) groups is 1. The maximum absolute atomic E-state index is 12.5. The second-order valence-electron chi connectivity index (χ2n) is 6.41. The lowest BCUT2D eigenvalue weighted by molar-refractivity contribution is 0.0949. The predicted molar refractivity (Wildman–Crippen MR) is 115 cm³/mol. The van der Waals surface area contributed by atoms with Crippen LogP contribution in [-0.4, -0.2) is 28.2 Å². The van der Waals surface area contributed by atoms with E-state index >= 15 is 0 Å². The fourth-order valence-corrected chi connectivity index (χ4v) is 3.40. The third-order valence-corrected chi connectivity index (χ3v) is 5.20. The van der Waals surface area contributed by atoms with E-state index in [-0.39, 0.29) is 12.5 Å². The molecule has 0 aliphatic rings. The molecule has 30 heavy (non-hydrogen) atoms. The Labute approximate surface area is 177 Å². The van der Waals surface area contributed by atoms with Crippen molar-refractivity contribution in [3.05, 3.63) is 82.3 Å². The molecular formula is C22H20N4O3S. The summed E-state index contributed by atoms with van der Waals surface area (Å²) in [7, 11) is 1.62. The van der Waals surface area contributed by atoms with Gasteiger partial charge >= 0.3 is 0 Å². The van der Waals surface area contributed by atoms with Crippen molar-refractivity contribution in [2.45, 2.75) is 13.2 Å². The summed E-state index contributed by atoms with van der Waals surface area (Å²) in [5.74, 6) is 2.34. The third kappa shape index (κ3) is 4.84. The quantitative estimate of drug-likeness (QED) is 0.449. The van der Waals surface area contributed by atoms with Crippen molar-refractivity contribution in [2.75, 3.05) is 7.11 Å². The van der Waals surface area contributed by atoms with E-state index in [1.807, 2.05) is 47.8 Å². The minimum absolute atomic E-state index is 0.209. The molecule has 8 heteroatoms. The molecule has 4 rings (SSSR count). The highest BCUT2D eigenvalue weighted by Crippen LogP contribution is 2.19. The highest BCUT2D eigenvalue weighted by molar-refractivity contribution is 7.09. The summed E-state index contributed by atoms with van der Waals surface area (Å²) in [4.78, 5) is 18.1. The summed E-state index contributed by atoms with van der Waals surface area (Å²) < 4.78 is 10.9. The van der Waals surface area contributed by atoms with Gasteiger partial charge in [-0.1, -0.05) is 12.1 Å². The number of rotatable bonds is 8. The highest BCUT2D eigenvalue weighted by Gasteiger charge is 2.10. The summed E-state index contributed by atoms with van der Waals surface area (Å²) in [5.41, 5.74) is 1.38. The topological polar surface area (TPSA) is 89.1 Å². The molecule has 2 aromatic heterocycles. The zero-order chi connectivity index (χ0) is 20.8. The average Bonchev–Trinajstić information content (AvgIpc) is 3.48. The second kappa shape index (κ2) is 9.23. The first-order valence-corrected chi connectivity index (χ1v) is 10.2. The molecule has 2 N–H and O–H groups in total. The van der Waals surface area contributed by atoms with Crippen LogP contribution in [0.1, 0.15) is 21.1 Å². The number of nitrogens with one attached hydrogen (secondary N) is 2. The number of amides is 1. The van der Waals surface area contributed by atoms with Gasteiger partial charge in [0, 0.05) is 16.0 Å². The number of hydrogen-bond donors (Lipinski definition) is 2. The molecule has 0 fully saturated rings. The molecule has 7 nitrogen and oxygen atoms in total. The normalized spacial score (nSPS) is 10.6. The summed E-state index contributed by atoms with van der Waals surface area (Å²) in [5, 5.41) is 11.9. The van der Waals surface area contributed by atoms with Crippen LogP contribution < -0.4 is 14.8 Å². The lowest BCUT2D eigenvalue weighted by atomic mass is 10.2. The van der Waals surface area contributed by atoms with Crippen LogP contribution in [0.15, 0.2) is 66.0 Å². The number of carbonyl (C=O) groups excluding carboxylic acids is 1. The summed E-state index contributed by atoms with van der Waals surface area (Å²) >= 11 is 1.63. The van der Waals surface area contributed by atoms with Crippen molar-refractivity contribution in [2.24, 2.45) is 0 Å². The predicted octanol–water partition coefficient (Wildman–Crippen LogP) is 4.05. The minimum Gasteiger partial charge on any atom is -0.497 e. The Kier molecular flexibility index (Phi) is 6.05. The molecule has 2 aromatic carbocycles. The number of thiophene rings is 1. The van der Waals surface area contributed by atoms with Crippen LogP contribution in [-0.2, 0) is 13.2 Å². The fourth-order valence-electron chi connectivity index (χ4n) is 2.79. The Bertz CT molecular complexity index is 1110. The Hall–Kier alpha value is -3.65. The van der Waals surface area contributed by atoms with E-state index in [2.05, 4.69) is 20.5 Å². The van der Waals surface area contributed by atoms with E-state index in [9.17, 15) is 4.79 Å². The van der Waals surface area contributed by atoms with Crippen molar-refractivity contribution < 1.29 is 14.3 Å². The van der Waals surface area contributed by atoms with E-state index in [1.54, 1.807) is 36.6 Å².